The van der Waals surface area contributed by atoms with E-state index in [1.807, 2.05) is 48.5 Å². The van der Waals surface area contributed by atoms with E-state index >= 15 is 0 Å². The average molecular weight is 562 g/mol. The molecule has 0 unspecified atom stereocenters. The number of benzene rings is 2. The SMILES string of the molecule is COC(OC)c1cccc(Cn2cc(-c3cc(NC(=O)COc4ccccc4)nc(-c4cccc(C#N)c4)c3)nn2)n1. The van der Waals surface area contributed by atoms with E-state index in [2.05, 4.69) is 31.7 Å². The lowest BCUT2D eigenvalue weighted by Crippen LogP contribution is -2.21. The molecule has 0 spiro atoms. The Kier molecular flexibility index (Phi) is 8.88. The fourth-order valence-corrected chi connectivity index (χ4v) is 4.21. The van der Waals surface area contributed by atoms with Crippen LogP contribution in [-0.4, -0.2) is 51.7 Å². The molecule has 0 aliphatic rings. The molecule has 0 atom stereocenters. The van der Waals surface area contributed by atoms with E-state index in [0.29, 0.717) is 51.9 Å². The number of pyridine rings is 2. The van der Waals surface area contributed by atoms with Crippen molar-refractivity contribution in [1.82, 2.24) is 25.0 Å². The van der Waals surface area contributed by atoms with Crippen LogP contribution in [0.25, 0.3) is 22.5 Å². The zero-order valence-electron chi connectivity index (χ0n) is 23.0. The minimum atomic E-state index is -0.572. The first kappa shape index (κ1) is 28.1. The maximum Gasteiger partial charge on any atom is 0.263 e. The van der Waals surface area contributed by atoms with E-state index < -0.39 is 6.29 Å². The molecule has 11 heteroatoms. The summed E-state index contributed by atoms with van der Waals surface area (Å²) in [7, 11) is 3.11. The van der Waals surface area contributed by atoms with E-state index in [-0.39, 0.29) is 12.5 Å². The summed E-state index contributed by atoms with van der Waals surface area (Å²) in [5, 5.41) is 20.8. The van der Waals surface area contributed by atoms with Crippen LogP contribution in [0.2, 0.25) is 0 Å². The first-order valence-electron chi connectivity index (χ1n) is 13.0. The maximum absolute atomic E-state index is 12.7. The first-order valence-corrected chi connectivity index (χ1v) is 13.0. The lowest BCUT2D eigenvalue weighted by molar-refractivity contribution is -0.118. The lowest BCUT2D eigenvalue weighted by atomic mass is 10.1. The monoisotopic (exact) mass is 561 g/mol. The molecule has 5 aromatic rings. The Morgan fingerprint density at radius 1 is 0.929 bits per heavy atom. The van der Waals surface area contributed by atoms with Crippen molar-refractivity contribution >= 4 is 11.7 Å². The van der Waals surface area contributed by atoms with Gasteiger partial charge in [0.05, 0.1) is 41.5 Å². The van der Waals surface area contributed by atoms with Gasteiger partial charge in [0, 0.05) is 25.3 Å². The summed E-state index contributed by atoms with van der Waals surface area (Å²) in [6, 6.07) is 27.4. The van der Waals surface area contributed by atoms with Gasteiger partial charge in [0.15, 0.2) is 6.61 Å². The number of amides is 1. The number of nitrogens with one attached hydrogen (secondary N) is 1. The standard InChI is InChI=1S/C31H27N7O4/c1-40-31(41-2)26-13-7-10-24(33-26)18-38-19-28(36-37-38)23-15-27(22-9-6-8-21(14-22)17-32)34-29(16-23)35-30(39)20-42-25-11-4-3-5-12-25/h3-16,19,31H,18,20H2,1-2H3,(H,34,35,39). The van der Waals surface area contributed by atoms with Gasteiger partial charge in [0.1, 0.15) is 17.3 Å². The number of para-hydroxylation sites is 1. The molecule has 0 aliphatic carbocycles. The molecule has 1 N–H and O–H groups in total. The van der Waals surface area contributed by atoms with Crippen molar-refractivity contribution in [2.24, 2.45) is 0 Å². The Balaban J connectivity index is 1.41. The summed E-state index contributed by atoms with van der Waals surface area (Å²) in [4.78, 5) is 22.0. The number of nitrogens with zero attached hydrogens (tertiary/aromatic N) is 6. The number of methoxy groups -OCH3 is 2. The Bertz CT molecular complexity index is 1710. The van der Waals surface area contributed by atoms with Gasteiger partial charge in [-0.2, -0.15) is 5.26 Å². The Morgan fingerprint density at radius 3 is 2.52 bits per heavy atom. The highest BCUT2D eigenvalue weighted by Gasteiger charge is 2.15. The molecule has 0 radical (unpaired) electrons. The fraction of sp³-hybridized carbons (Fsp3) is 0.161. The molecule has 0 saturated heterocycles. The number of rotatable bonds is 11. The average Bonchev–Trinajstić information content (AvgIpc) is 3.50. The maximum atomic E-state index is 12.7. The highest BCUT2D eigenvalue weighted by atomic mass is 16.7. The van der Waals surface area contributed by atoms with Crippen LogP contribution in [-0.2, 0) is 20.8 Å². The molecule has 0 fully saturated rings. The van der Waals surface area contributed by atoms with Crippen molar-refractivity contribution in [1.29, 1.82) is 5.26 Å². The van der Waals surface area contributed by atoms with Gasteiger partial charge < -0.3 is 19.5 Å². The van der Waals surface area contributed by atoms with Crippen molar-refractivity contribution < 1.29 is 19.0 Å². The predicted octanol–water partition coefficient (Wildman–Crippen LogP) is 4.63. The summed E-state index contributed by atoms with van der Waals surface area (Å²) in [5.41, 5.74) is 4.39. The van der Waals surface area contributed by atoms with Crippen molar-refractivity contribution in [3.8, 4) is 34.3 Å². The summed E-state index contributed by atoms with van der Waals surface area (Å²) >= 11 is 0. The van der Waals surface area contributed by atoms with Gasteiger partial charge in [0.25, 0.3) is 5.91 Å². The first-order chi connectivity index (χ1) is 20.5. The van der Waals surface area contributed by atoms with Crippen LogP contribution in [0, 0.1) is 11.3 Å². The number of ether oxygens (including phenoxy) is 3. The second-order valence-electron chi connectivity index (χ2n) is 9.13. The van der Waals surface area contributed by atoms with Gasteiger partial charge >= 0.3 is 0 Å². The molecule has 5 rings (SSSR count). The van der Waals surface area contributed by atoms with Crippen LogP contribution in [0.4, 0.5) is 5.82 Å². The Morgan fingerprint density at radius 2 is 1.74 bits per heavy atom. The van der Waals surface area contributed by atoms with Crippen molar-refractivity contribution in [2.45, 2.75) is 12.8 Å². The minimum Gasteiger partial charge on any atom is -0.484 e. The largest absolute Gasteiger partial charge is 0.484 e. The van der Waals surface area contributed by atoms with Gasteiger partial charge in [-0.25, -0.2) is 9.67 Å². The number of carbonyl (C=O) groups excluding carboxylic acids is 1. The van der Waals surface area contributed by atoms with Crippen LogP contribution in [0.15, 0.2) is 91.1 Å². The molecule has 0 saturated carbocycles. The molecule has 1 amide bonds. The van der Waals surface area contributed by atoms with Gasteiger partial charge in [-0.15, -0.1) is 5.10 Å². The third-order valence-electron chi connectivity index (χ3n) is 6.15. The van der Waals surface area contributed by atoms with E-state index in [9.17, 15) is 10.1 Å². The van der Waals surface area contributed by atoms with E-state index in [1.54, 1.807) is 61.5 Å². The van der Waals surface area contributed by atoms with Gasteiger partial charge in [0.2, 0.25) is 6.29 Å². The van der Waals surface area contributed by atoms with Gasteiger partial charge in [-0.1, -0.05) is 41.6 Å². The van der Waals surface area contributed by atoms with Crippen molar-refractivity contribution in [3.63, 3.8) is 0 Å². The van der Waals surface area contributed by atoms with Crippen molar-refractivity contribution in [3.05, 3.63) is 108 Å². The summed E-state index contributed by atoms with van der Waals surface area (Å²) in [6.07, 6.45) is 1.21. The Hall–Kier alpha value is -5.44. The van der Waals surface area contributed by atoms with Gasteiger partial charge in [-0.05, 0) is 48.5 Å². The highest BCUT2D eigenvalue weighted by molar-refractivity contribution is 5.92. The molecular weight excluding hydrogens is 534 g/mol. The number of nitriles is 1. The quantitative estimate of drug-likeness (QED) is 0.229. The van der Waals surface area contributed by atoms with Crippen molar-refractivity contribution in [2.75, 3.05) is 26.1 Å². The molecule has 42 heavy (non-hydrogen) atoms. The topological polar surface area (TPSA) is 137 Å². The zero-order chi connectivity index (χ0) is 29.3. The molecule has 11 nitrogen and oxygen atoms in total. The fourth-order valence-electron chi connectivity index (χ4n) is 4.21. The third-order valence-corrected chi connectivity index (χ3v) is 6.15. The molecule has 0 aliphatic heterocycles. The number of hydrogen-bond acceptors (Lipinski definition) is 9. The summed E-state index contributed by atoms with van der Waals surface area (Å²) in [6.45, 7) is 0.175. The van der Waals surface area contributed by atoms with Crippen LogP contribution in [0.3, 0.4) is 0 Å². The molecule has 0 bridgehead atoms. The zero-order valence-corrected chi connectivity index (χ0v) is 23.0. The molecule has 3 aromatic heterocycles. The summed E-state index contributed by atoms with van der Waals surface area (Å²) in [5.74, 6) is 0.515. The highest BCUT2D eigenvalue weighted by Crippen LogP contribution is 2.27. The predicted molar refractivity (Wildman–Crippen MR) is 154 cm³/mol. The minimum absolute atomic E-state index is 0.190. The molecular formula is C31H27N7O4. The molecule has 3 heterocycles. The number of aromatic nitrogens is 5. The smallest absolute Gasteiger partial charge is 0.263 e. The van der Waals surface area contributed by atoms with E-state index in [4.69, 9.17) is 14.2 Å². The number of carbonyl (C=O) groups is 1. The van der Waals surface area contributed by atoms with Crippen LogP contribution in [0.5, 0.6) is 5.75 Å². The third kappa shape index (κ3) is 7.00. The second kappa shape index (κ2) is 13.3. The lowest BCUT2D eigenvalue weighted by Gasteiger charge is -2.13. The normalized spacial score (nSPS) is 10.8. The number of hydrogen-bond donors (Lipinski definition) is 1. The van der Waals surface area contributed by atoms with Crippen LogP contribution in [0.1, 0.15) is 23.2 Å². The second-order valence-corrected chi connectivity index (χ2v) is 9.13. The van der Waals surface area contributed by atoms with E-state index in [0.717, 1.165) is 5.69 Å². The molecule has 2 aromatic carbocycles. The van der Waals surface area contributed by atoms with Crippen LogP contribution < -0.4 is 10.1 Å². The van der Waals surface area contributed by atoms with E-state index in [1.165, 1.54) is 0 Å². The molecule has 210 valence electrons. The number of anilines is 1. The Labute approximate surface area is 242 Å². The van der Waals surface area contributed by atoms with Gasteiger partial charge in [-0.3, -0.25) is 9.78 Å². The van der Waals surface area contributed by atoms with Crippen LogP contribution >= 0.6 is 0 Å². The summed E-state index contributed by atoms with van der Waals surface area (Å²) < 4.78 is 17.9.